The lowest BCUT2D eigenvalue weighted by Gasteiger charge is -2.35. The summed E-state index contributed by atoms with van der Waals surface area (Å²) >= 11 is 1.86. The van der Waals surface area contributed by atoms with Crippen LogP contribution >= 0.6 is 11.3 Å². The summed E-state index contributed by atoms with van der Waals surface area (Å²) in [6.07, 6.45) is 2.01. The second-order valence-electron chi connectivity index (χ2n) is 4.63. The standard InChI is InChI=1S/C15H15NOS/c1-11-14-7-9-18-15(14)6-8-16(11)13-4-2-12(10-17)3-5-13/h2-5,7,9-11H,6,8H2,1H3. The van der Waals surface area contributed by atoms with E-state index in [0.717, 1.165) is 24.8 Å². The van der Waals surface area contributed by atoms with Gasteiger partial charge in [0.05, 0.1) is 6.04 Å². The predicted molar refractivity (Wildman–Crippen MR) is 75.6 cm³/mol. The van der Waals surface area contributed by atoms with Gasteiger partial charge in [0.15, 0.2) is 0 Å². The number of anilines is 1. The van der Waals surface area contributed by atoms with E-state index in [1.54, 1.807) is 0 Å². The number of hydrogen-bond acceptors (Lipinski definition) is 3. The highest BCUT2D eigenvalue weighted by Gasteiger charge is 2.24. The van der Waals surface area contributed by atoms with Gasteiger partial charge in [-0.3, -0.25) is 4.79 Å². The number of fused-ring (bicyclic) bond motifs is 1. The van der Waals surface area contributed by atoms with Crippen molar-refractivity contribution in [3.8, 4) is 0 Å². The number of carbonyl (C=O) groups excluding carboxylic acids is 1. The van der Waals surface area contributed by atoms with E-state index in [9.17, 15) is 4.79 Å². The number of nitrogens with zero attached hydrogens (tertiary/aromatic N) is 1. The molecule has 0 saturated heterocycles. The van der Waals surface area contributed by atoms with E-state index in [0.29, 0.717) is 6.04 Å². The smallest absolute Gasteiger partial charge is 0.150 e. The van der Waals surface area contributed by atoms with Crippen molar-refractivity contribution in [2.75, 3.05) is 11.4 Å². The zero-order valence-electron chi connectivity index (χ0n) is 10.3. The fourth-order valence-corrected chi connectivity index (χ4v) is 3.57. The Morgan fingerprint density at radius 1 is 1.28 bits per heavy atom. The Morgan fingerprint density at radius 2 is 2.06 bits per heavy atom. The third-order valence-electron chi connectivity index (χ3n) is 3.64. The topological polar surface area (TPSA) is 20.3 Å². The van der Waals surface area contributed by atoms with Gasteiger partial charge in [-0.1, -0.05) is 0 Å². The molecule has 3 heteroatoms. The fourth-order valence-electron chi connectivity index (χ4n) is 2.61. The second kappa shape index (κ2) is 4.58. The quantitative estimate of drug-likeness (QED) is 0.765. The number of rotatable bonds is 2. The lowest BCUT2D eigenvalue weighted by atomic mass is 10.0. The lowest BCUT2D eigenvalue weighted by Crippen LogP contribution is -2.32. The average Bonchev–Trinajstić information content (AvgIpc) is 2.89. The SMILES string of the molecule is CC1c2ccsc2CCN1c1ccc(C=O)cc1. The monoisotopic (exact) mass is 257 g/mol. The van der Waals surface area contributed by atoms with E-state index in [1.165, 1.54) is 16.1 Å². The van der Waals surface area contributed by atoms with E-state index < -0.39 is 0 Å². The summed E-state index contributed by atoms with van der Waals surface area (Å²) in [6, 6.07) is 10.5. The van der Waals surface area contributed by atoms with Crippen molar-refractivity contribution in [3.05, 3.63) is 51.7 Å². The van der Waals surface area contributed by atoms with Gasteiger partial charge in [0.25, 0.3) is 0 Å². The van der Waals surface area contributed by atoms with E-state index in [-0.39, 0.29) is 0 Å². The molecular weight excluding hydrogens is 242 g/mol. The number of hydrogen-bond donors (Lipinski definition) is 0. The summed E-state index contributed by atoms with van der Waals surface area (Å²) in [5.74, 6) is 0. The molecule has 0 N–H and O–H groups in total. The predicted octanol–water partition coefficient (Wildman–Crippen LogP) is 3.68. The molecule has 1 aliphatic heterocycles. The highest BCUT2D eigenvalue weighted by atomic mass is 32.1. The Bertz CT molecular complexity index is 558. The summed E-state index contributed by atoms with van der Waals surface area (Å²) in [6.45, 7) is 3.30. The van der Waals surface area contributed by atoms with Crippen LogP contribution < -0.4 is 4.90 Å². The fraction of sp³-hybridized carbons (Fsp3) is 0.267. The minimum atomic E-state index is 0.419. The summed E-state index contributed by atoms with van der Waals surface area (Å²) in [5, 5.41) is 2.18. The van der Waals surface area contributed by atoms with Crippen LogP contribution in [0, 0.1) is 0 Å². The summed E-state index contributed by atoms with van der Waals surface area (Å²) in [5.41, 5.74) is 3.38. The molecule has 0 aliphatic carbocycles. The van der Waals surface area contributed by atoms with E-state index in [2.05, 4.69) is 23.3 Å². The van der Waals surface area contributed by atoms with Crippen molar-refractivity contribution in [2.24, 2.45) is 0 Å². The van der Waals surface area contributed by atoms with Crippen molar-refractivity contribution in [2.45, 2.75) is 19.4 Å². The van der Waals surface area contributed by atoms with E-state index in [4.69, 9.17) is 0 Å². The zero-order valence-corrected chi connectivity index (χ0v) is 11.1. The maximum absolute atomic E-state index is 10.7. The van der Waals surface area contributed by atoms with Crippen LogP contribution in [-0.2, 0) is 6.42 Å². The molecule has 2 heterocycles. The molecule has 1 aliphatic rings. The van der Waals surface area contributed by atoms with Crippen LogP contribution in [0.15, 0.2) is 35.7 Å². The van der Waals surface area contributed by atoms with Crippen LogP contribution in [0.1, 0.15) is 33.8 Å². The Hall–Kier alpha value is -1.61. The average molecular weight is 257 g/mol. The molecule has 0 spiro atoms. The van der Waals surface area contributed by atoms with Crippen molar-refractivity contribution in [1.29, 1.82) is 0 Å². The van der Waals surface area contributed by atoms with Crippen LogP contribution in [0.2, 0.25) is 0 Å². The first kappa shape index (κ1) is 11.5. The molecule has 0 fully saturated rings. The third kappa shape index (κ3) is 1.85. The molecule has 1 aromatic carbocycles. The first-order valence-corrected chi connectivity index (χ1v) is 7.05. The lowest BCUT2D eigenvalue weighted by molar-refractivity contribution is 0.112. The first-order valence-electron chi connectivity index (χ1n) is 6.18. The first-order chi connectivity index (χ1) is 8.79. The van der Waals surface area contributed by atoms with Gasteiger partial charge >= 0.3 is 0 Å². The Balaban J connectivity index is 1.91. The van der Waals surface area contributed by atoms with Gasteiger partial charge in [-0.25, -0.2) is 0 Å². The van der Waals surface area contributed by atoms with Gasteiger partial charge in [-0.15, -0.1) is 11.3 Å². The summed E-state index contributed by atoms with van der Waals surface area (Å²) in [4.78, 5) is 14.6. The van der Waals surface area contributed by atoms with Crippen molar-refractivity contribution >= 4 is 23.3 Å². The van der Waals surface area contributed by atoms with Crippen molar-refractivity contribution in [1.82, 2.24) is 0 Å². The van der Waals surface area contributed by atoms with E-state index in [1.807, 2.05) is 35.6 Å². The molecule has 0 amide bonds. The van der Waals surface area contributed by atoms with Gasteiger partial charge in [-0.2, -0.15) is 0 Å². The van der Waals surface area contributed by atoms with Gasteiger partial charge < -0.3 is 4.90 Å². The van der Waals surface area contributed by atoms with Gasteiger partial charge in [0.1, 0.15) is 6.29 Å². The maximum Gasteiger partial charge on any atom is 0.150 e. The van der Waals surface area contributed by atoms with Gasteiger partial charge in [0, 0.05) is 22.7 Å². The largest absolute Gasteiger partial charge is 0.364 e. The van der Waals surface area contributed by atoms with E-state index >= 15 is 0 Å². The van der Waals surface area contributed by atoms with Crippen LogP contribution in [0.25, 0.3) is 0 Å². The number of carbonyl (C=O) groups is 1. The van der Waals surface area contributed by atoms with Gasteiger partial charge in [0.2, 0.25) is 0 Å². The Kier molecular flexibility index (Phi) is 2.92. The summed E-state index contributed by atoms with van der Waals surface area (Å²) < 4.78 is 0. The van der Waals surface area contributed by atoms with Crippen LogP contribution in [0.3, 0.4) is 0 Å². The van der Waals surface area contributed by atoms with Crippen LogP contribution in [0.4, 0.5) is 5.69 Å². The van der Waals surface area contributed by atoms with Gasteiger partial charge in [-0.05, 0) is 54.6 Å². The molecule has 1 aromatic heterocycles. The molecule has 0 radical (unpaired) electrons. The Labute approximate surface area is 111 Å². The van der Waals surface area contributed by atoms with Crippen LogP contribution in [0.5, 0.6) is 0 Å². The van der Waals surface area contributed by atoms with Crippen molar-refractivity contribution in [3.63, 3.8) is 0 Å². The molecular formula is C15H15NOS. The molecule has 2 aromatic rings. The zero-order chi connectivity index (χ0) is 12.5. The second-order valence-corrected chi connectivity index (χ2v) is 5.63. The molecule has 3 rings (SSSR count). The summed E-state index contributed by atoms with van der Waals surface area (Å²) in [7, 11) is 0. The minimum Gasteiger partial charge on any atom is -0.364 e. The molecule has 1 unspecified atom stereocenters. The minimum absolute atomic E-state index is 0.419. The molecule has 92 valence electrons. The maximum atomic E-state index is 10.7. The number of thiophene rings is 1. The third-order valence-corrected chi connectivity index (χ3v) is 4.63. The molecule has 1 atom stereocenters. The normalized spacial score (nSPS) is 18.5. The molecule has 0 bridgehead atoms. The molecule has 0 saturated carbocycles. The van der Waals surface area contributed by atoms with Crippen molar-refractivity contribution < 1.29 is 4.79 Å². The number of benzene rings is 1. The molecule has 2 nitrogen and oxygen atoms in total. The molecule has 18 heavy (non-hydrogen) atoms. The Morgan fingerprint density at radius 3 is 2.78 bits per heavy atom. The van der Waals surface area contributed by atoms with Crippen LogP contribution in [-0.4, -0.2) is 12.8 Å². The highest BCUT2D eigenvalue weighted by Crippen LogP contribution is 2.35. The highest BCUT2D eigenvalue weighted by molar-refractivity contribution is 7.10. The number of aldehydes is 1.